The van der Waals surface area contributed by atoms with Crippen molar-refractivity contribution in [2.45, 2.75) is 52.3 Å². The molecule has 19 heavy (non-hydrogen) atoms. The maximum absolute atomic E-state index is 5.65. The molecule has 0 heterocycles. The molecule has 2 atom stereocenters. The Hall–Kier alpha value is -1.06. The monoisotopic (exact) mass is 265 g/mol. The average Bonchev–Trinajstić information content (AvgIpc) is 2.38. The summed E-state index contributed by atoms with van der Waals surface area (Å²) in [5, 5.41) is 3.58. The van der Waals surface area contributed by atoms with E-state index in [2.05, 4.69) is 31.3 Å². The highest BCUT2D eigenvalue weighted by Gasteiger charge is 2.11. The zero-order chi connectivity index (χ0) is 14.3. The predicted molar refractivity (Wildman–Crippen MR) is 79.7 cm³/mol. The second kappa shape index (κ2) is 8.18. The van der Waals surface area contributed by atoms with Gasteiger partial charge in [-0.2, -0.15) is 0 Å². The molecule has 108 valence electrons. The van der Waals surface area contributed by atoms with E-state index in [1.165, 1.54) is 5.56 Å². The van der Waals surface area contributed by atoms with Crippen molar-refractivity contribution in [2.24, 2.45) is 0 Å². The number of methoxy groups -OCH3 is 1. The van der Waals surface area contributed by atoms with Crippen molar-refractivity contribution in [3.63, 3.8) is 0 Å². The van der Waals surface area contributed by atoms with Crippen LogP contribution in [0, 0.1) is 0 Å². The smallest absolute Gasteiger partial charge is 0.119 e. The molecule has 0 spiro atoms. The van der Waals surface area contributed by atoms with Crippen LogP contribution in [0.1, 0.15) is 45.7 Å². The minimum Gasteiger partial charge on any atom is -0.491 e. The number of rotatable bonds is 8. The van der Waals surface area contributed by atoms with Gasteiger partial charge in [-0.15, -0.1) is 0 Å². The van der Waals surface area contributed by atoms with Crippen molar-refractivity contribution in [1.29, 1.82) is 0 Å². The van der Waals surface area contributed by atoms with Gasteiger partial charge in [0.1, 0.15) is 5.75 Å². The molecular formula is C16H27NO2. The van der Waals surface area contributed by atoms with Gasteiger partial charge in [-0.3, -0.25) is 0 Å². The largest absolute Gasteiger partial charge is 0.491 e. The Morgan fingerprint density at radius 3 is 2.21 bits per heavy atom. The van der Waals surface area contributed by atoms with Gasteiger partial charge in [-0.05, 0) is 44.9 Å². The summed E-state index contributed by atoms with van der Waals surface area (Å²) in [5.74, 6) is 0.926. The van der Waals surface area contributed by atoms with Crippen molar-refractivity contribution in [3.8, 4) is 5.75 Å². The average molecular weight is 265 g/mol. The van der Waals surface area contributed by atoms with E-state index in [4.69, 9.17) is 9.47 Å². The molecule has 1 aromatic carbocycles. The maximum Gasteiger partial charge on any atom is 0.119 e. The van der Waals surface area contributed by atoms with Gasteiger partial charge >= 0.3 is 0 Å². The third-order valence-corrected chi connectivity index (χ3v) is 3.10. The van der Waals surface area contributed by atoms with Crippen molar-refractivity contribution in [2.75, 3.05) is 13.7 Å². The lowest BCUT2D eigenvalue weighted by molar-refractivity contribution is 0.159. The highest BCUT2D eigenvalue weighted by Crippen LogP contribution is 2.19. The summed E-state index contributed by atoms with van der Waals surface area (Å²) in [4.78, 5) is 0. The summed E-state index contributed by atoms with van der Waals surface area (Å²) in [6.45, 7) is 9.17. The molecule has 0 saturated heterocycles. The molecule has 0 aromatic heterocycles. The third kappa shape index (κ3) is 5.62. The van der Waals surface area contributed by atoms with E-state index in [9.17, 15) is 0 Å². The normalized spacial score (nSPS) is 14.4. The van der Waals surface area contributed by atoms with Crippen LogP contribution in [0.15, 0.2) is 24.3 Å². The predicted octanol–water partition coefficient (Wildman–Crippen LogP) is 3.55. The van der Waals surface area contributed by atoms with Crippen LogP contribution in [0.5, 0.6) is 5.75 Å². The Morgan fingerprint density at radius 1 is 1.11 bits per heavy atom. The van der Waals surface area contributed by atoms with Crippen molar-refractivity contribution in [1.82, 2.24) is 5.32 Å². The first-order chi connectivity index (χ1) is 9.06. The topological polar surface area (TPSA) is 30.5 Å². The number of benzene rings is 1. The van der Waals surface area contributed by atoms with Crippen LogP contribution in [0.4, 0.5) is 0 Å². The molecule has 0 aliphatic heterocycles. The van der Waals surface area contributed by atoms with Crippen molar-refractivity contribution >= 4 is 0 Å². The second-order valence-corrected chi connectivity index (χ2v) is 5.18. The molecule has 1 aromatic rings. The molecule has 0 fully saturated rings. The molecule has 3 nitrogen and oxygen atoms in total. The van der Waals surface area contributed by atoms with E-state index in [0.29, 0.717) is 12.1 Å². The van der Waals surface area contributed by atoms with Gasteiger partial charge in [0, 0.05) is 19.2 Å². The fourth-order valence-corrected chi connectivity index (χ4v) is 2.04. The summed E-state index contributed by atoms with van der Waals surface area (Å²) in [6, 6.07) is 9.01. The number of nitrogens with one attached hydrogen (secondary N) is 1. The maximum atomic E-state index is 5.65. The summed E-state index contributed by atoms with van der Waals surface area (Å²) in [7, 11) is 1.74. The lowest BCUT2D eigenvalue weighted by atomic mass is 10.1. The minimum atomic E-state index is 0.215. The Labute approximate surface area is 117 Å². The van der Waals surface area contributed by atoms with Gasteiger partial charge < -0.3 is 14.8 Å². The van der Waals surface area contributed by atoms with Crippen LogP contribution in [-0.4, -0.2) is 25.9 Å². The molecule has 1 N–H and O–H groups in total. The summed E-state index contributed by atoms with van der Waals surface area (Å²) < 4.78 is 10.9. The minimum absolute atomic E-state index is 0.215. The van der Waals surface area contributed by atoms with E-state index >= 15 is 0 Å². The molecule has 0 amide bonds. The molecule has 0 aliphatic carbocycles. The van der Waals surface area contributed by atoms with E-state index in [0.717, 1.165) is 18.8 Å². The molecular weight excluding hydrogens is 238 g/mol. The van der Waals surface area contributed by atoms with Crippen LogP contribution in [0.3, 0.4) is 0 Å². The first kappa shape index (κ1) is 16.0. The summed E-state index contributed by atoms with van der Waals surface area (Å²) in [5.41, 5.74) is 1.27. The van der Waals surface area contributed by atoms with Gasteiger partial charge in [0.05, 0.1) is 12.7 Å². The van der Waals surface area contributed by atoms with Gasteiger partial charge in [0.15, 0.2) is 0 Å². The van der Waals surface area contributed by atoms with Crippen molar-refractivity contribution < 1.29 is 9.47 Å². The van der Waals surface area contributed by atoms with Crippen LogP contribution in [0.2, 0.25) is 0 Å². The van der Waals surface area contributed by atoms with Gasteiger partial charge in [-0.1, -0.05) is 19.1 Å². The fraction of sp³-hybridized carbons (Fsp3) is 0.625. The van der Waals surface area contributed by atoms with E-state index in [1.807, 2.05) is 26.0 Å². The molecule has 0 aliphatic rings. The third-order valence-electron chi connectivity index (χ3n) is 3.10. The van der Waals surface area contributed by atoms with Gasteiger partial charge in [-0.25, -0.2) is 0 Å². The summed E-state index contributed by atoms with van der Waals surface area (Å²) in [6.07, 6.45) is 1.28. The quantitative estimate of drug-likeness (QED) is 0.779. The highest BCUT2D eigenvalue weighted by molar-refractivity contribution is 5.29. The lowest BCUT2D eigenvalue weighted by Gasteiger charge is -2.22. The molecule has 1 rings (SSSR count). The fourth-order valence-electron chi connectivity index (χ4n) is 2.04. The van der Waals surface area contributed by atoms with E-state index < -0.39 is 0 Å². The van der Waals surface area contributed by atoms with E-state index in [-0.39, 0.29) is 6.10 Å². The standard InChI is InChI=1S/C16H27NO2/c1-6-15(11-18-5)17-13(4)14-7-9-16(10-8-14)19-12(2)3/h7-10,12-13,15,17H,6,11H2,1-5H3. The summed E-state index contributed by atoms with van der Waals surface area (Å²) >= 11 is 0. The number of hydrogen-bond acceptors (Lipinski definition) is 3. The number of ether oxygens (including phenoxy) is 2. The molecule has 0 radical (unpaired) electrons. The SMILES string of the molecule is CCC(COC)NC(C)c1ccc(OC(C)C)cc1. The van der Waals surface area contributed by atoms with Crippen molar-refractivity contribution in [3.05, 3.63) is 29.8 Å². The second-order valence-electron chi connectivity index (χ2n) is 5.18. The Bertz CT molecular complexity index is 348. The highest BCUT2D eigenvalue weighted by atomic mass is 16.5. The first-order valence-corrected chi connectivity index (χ1v) is 7.08. The van der Waals surface area contributed by atoms with Gasteiger partial charge in [0.2, 0.25) is 0 Å². The van der Waals surface area contributed by atoms with Crippen LogP contribution in [-0.2, 0) is 4.74 Å². The lowest BCUT2D eigenvalue weighted by Crippen LogP contribution is -2.34. The first-order valence-electron chi connectivity index (χ1n) is 7.08. The molecule has 0 saturated carbocycles. The van der Waals surface area contributed by atoms with Crippen LogP contribution < -0.4 is 10.1 Å². The molecule has 2 unspecified atom stereocenters. The van der Waals surface area contributed by atoms with Gasteiger partial charge in [0.25, 0.3) is 0 Å². The Balaban J connectivity index is 2.59. The molecule has 3 heteroatoms. The van der Waals surface area contributed by atoms with E-state index in [1.54, 1.807) is 7.11 Å². The number of hydrogen-bond donors (Lipinski definition) is 1. The van der Waals surface area contributed by atoms with Crippen LogP contribution in [0.25, 0.3) is 0 Å². The molecule has 0 bridgehead atoms. The Kier molecular flexibility index (Phi) is 6.89. The zero-order valence-corrected chi connectivity index (χ0v) is 12.8. The zero-order valence-electron chi connectivity index (χ0n) is 12.8. The van der Waals surface area contributed by atoms with Crippen LogP contribution >= 0.6 is 0 Å². The Morgan fingerprint density at radius 2 is 1.74 bits per heavy atom.